The van der Waals surface area contributed by atoms with Crippen molar-refractivity contribution in [2.24, 2.45) is 5.41 Å². The Balaban J connectivity index is 2.89. The van der Waals surface area contributed by atoms with Crippen LogP contribution < -0.4 is 5.32 Å². The highest BCUT2D eigenvalue weighted by atomic mass is 16.1. The van der Waals surface area contributed by atoms with Gasteiger partial charge in [0.2, 0.25) is 0 Å². The van der Waals surface area contributed by atoms with Crippen LogP contribution in [-0.4, -0.2) is 18.5 Å². The lowest BCUT2D eigenvalue weighted by Gasteiger charge is -2.30. The standard InChI is InChI=1S/C10H16N2O/c1-10(2)4-8(11)7(6-12-3)9(13)5-10/h6,11-12H,4-5H2,1-3H3/b7-6+,11-8?. The number of hydrogen-bond acceptors (Lipinski definition) is 3. The minimum atomic E-state index is -0.0424. The van der Waals surface area contributed by atoms with Crippen LogP contribution in [0.2, 0.25) is 0 Å². The molecule has 0 saturated heterocycles. The Hall–Kier alpha value is -1.12. The van der Waals surface area contributed by atoms with Crippen molar-refractivity contribution in [3.63, 3.8) is 0 Å². The maximum Gasteiger partial charge on any atom is 0.166 e. The molecule has 1 saturated carbocycles. The molecule has 2 N–H and O–H groups in total. The molecule has 0 amide bonds. The molecular formula is C10H16N2O. The van der Waals surface area contributed by atoms with Crippen LogP contribution in [-0.2, 0) is 4.79 Å². The lowest BCUT2D eigenvalue weighted by atomic mass is 9.74. The van der Waals surface area contributed by atoms with Gasteiger partial charge in [0.1, 0.15) is 0 Å². The van der Waals surface area contributed by atoms with Gasteiger partial charge in [-0.2, -0.15) is 0 Å². The SMILES string of the molecule is CN/C=C1\C(=N)CC(C)(C)CC1=O. The zero-order chi connectivity index (χ0) is 10.1. The maximum atomic E-state index is 11.6. The van der Waals surface area contributed by atoms with E-state index < -0.39 is 0 Å². The number of nitrogens with one attached hydrogen (secondary N) is 2. The van der Waals surface area contributed by atoms with Crippen molar-refractivity contribution in [3.05, 3.63) is 11.8 Å². The van der Waals surface area contributed by atoms with Gasteiger partial charge >= 0.3 is 0 Å². The molecule has 3 heteroatoms. The molecule has 1 fully saturated rings. The molecule has 1 aliphatic rings. The fourth-order valence-corrected chi connectivity index (χ4v) is 1.65. The van der Waals surface area contributed by atoms with Gasteiger partial charge in [-0.3, -0.25) is 4.79 Å². The number of rotatable bonds is 1. The predicted octanol–water partition coefficient (Wildman–Crippen LogP) is 1.50. The third-order valence-corrected chi connectivity index (χ3v) is 2.21. The van der Waals surface area contributed by atoms with E-state index in [9.17, 15) is 4.79 Å². The third kappa shape index (κ3) is 2.17. The summed E-state index contributed by atoms with van der Waals surface area (Å²) in [5.41, 5.74) is 0.955. The van der Waals surface area contributed by atoms with Gasteiger partial charge in [0.15, 0.2) is 5.78 Å². The van der Waals surface area contributed by atoms with Gasteiger partial charge in [0.25, 0.3) is 0 Å². The third-order valence-electron chi connectivity index (χ3n) is 2.21. The Morgan fingerprint density at radius 1 is 1.46 bits per heavy atom. The first-order valence-corrected chi connectivity index (χ1v) is 4.45. The quantitative estimate of drug-likeness (QED) is 0.601. The van der Waals surface area contributed by atoms with E-state index in [1.54, 1.807) is 13.2 Å². The second-order valence-electron chi connectivity index (χ2n) is 4.27. The lowest BCUT2D eigenvalue weighted by molar-refractivity contribution is -0.117. The average molecular weight is 180 g/mol. The molecule has 0 unspecified atom stereocenters. The zero-order valence-corrected chi connectivity index (χ0v) is 8.40. The molecule has 0 aromatic heterocycles. The normalized spacial score (nSPS) is 25.0. The van der Waals surface area contributed by atoms with Crippen molar-refractivity contribution < 1.29 is 4.79 Å². The highest BCUT2D eigenvalue weighted by Crippen LogP contribution is 2.33. The Bertz CT molecular complexity index is 255. The highest BCUT2D eigenvalue weighted by Gasteiger charge is 2.33. The van der Waals surface area contributed by atoms with Gasteiger partial charge in [0, 0.05) is 25.4 Å². The second kappa shape index (κ2) is 3.32. The first-order chi connectivity index (χ1) is 5.96. The van der Waals surface area contributed by atoms with Gasteiger partial charge in [-0.05, 0) is 11.8 Å². The average Bonchev–Trinajstić information content (AvgIpc) is 1.94. The minimum Gasteiger partial charge on any atom is -0.393 e. The van der Waals surface area contributed by atoms with Gasteiger partial charge in [-0.25, -0.2) is 0 Å². The van der Waals surface area contributed by atoms with E-state index in [1.807, 2.05) is 13.8 Å². The summed E-state index contributed by atoms with van der Waals surface area (Å²) in [6.07, 6.45) is 2.86. The first kappa shape index (κ1) is 9.96. The number of carbonyl (C=O) groups excluding carboxylic acids is 1. The van der Waals surface area contributed by atoms with Crippen LogP contribution in [0, 0.1) is 10.8 Å². The van der Waals surface area contributed by atoms with Gasteiger partial charge < -0.3 is 10.7 Å². The molecule has 0 spiro atoms. The molecule has 1 rings (SSSR count). The first-order valence-electron chi connectivity index (χ1n) is 4.45. The molecule has 0 atom stereocenters. The molecule has 0 bridgehead atoms. The fourth-order valence-electron chi connectivity index (χ4n) is 1.65. The van der Waals surface area contributed by atoms with Crippen LogP contribution in [0.25, 0.3) is 0 Å². The summed E-state index contributed by atoms with van der Waals surface area (Å²) in [5, 5.41) is 10.5. The molecule has 0 aromatic rings. The molecule has 0 aromatic carbocycles. The molecule has 13 heavy (non-hydrogen) atoms. The number of Topliss-reactive ketones (excluding diaryl/α,β-unsaturated/α-hetero) is 1. The van der Waals surface area contributed by atoms with E-state index in [4.69, 9.17) is 5.41 Å². The minimum absolute atomic E-state index is 0.0424. The largest absolute Gasteiger partial charge is 0.393 e. The van der Waals surface area contributed by atoms with Gasteiger partial charge in [-0.1, -0.05) is 13.8 Å². The van der Waals surface area contributed by atoms with Crippen LogP contribution in [0.1, 0.15) is 26.7 Å². The second-order valence-corrected chi connectivity index (χ2v) is 4.27. The molecule has 1 aliphatic carbocycles. The molecule has 3 nitrogen and oxygen atoms in total. The summed E-state index contributed by atoms with van der Waals surface area (Å²) < 4.78 is 0. The van der Waals surface area contributed by atoms with Gasteiger partial charge in [0.05, 0.1) is 5.57 Å². The Morgan fingerprint density at radius 2 is 2.08 bits per heavy atom. The topological polar surface area (TPSA) is 53.0 Å². The predicted molar refractivity (Wildman–Crippen MR) is 52.9 cm³/mol. The number of ketones is 1. The van der Waals surface area contributed by atoms with Crippen molar-refractivity contribution >= 4 is 11.5 Å². The Morgan fingerprint density at radius 3 is 2.54 bits per heavy atom. The molecule has 72 valence electrons. The maximum absolute atomic E-state index is 11.6. The summed E-state index contributed by atoms with van der Waals surface area (Å²) in [5.74, 6) is 0.0793. The zero-order valence-electron chi connectivity index (χ0n) is 8.40. The fraction of sp³-hybridized carbons (Fsp3) is 0.600. The summed E-state index contributed by atoms with van der Waals surface area (Å²) >= 11 is 0. The summed E-state index contributed by atoms with van der Waals surface area (Å²) in [7, 11) is 1.74. The van der Waals surface area contributed by atoms with Gasteiger partial charge in [-0.15, -0.1) is 0 Å². The van der Waals surface area contributed by atoms with Crippen LogP contribution >= 0.6 is 0 Å². The van der Waals surface area contributed by atoms with Crippen LogP contribution in [0.5, 0.6) is 0 Å². The van der Waals surface area contributed by atoms with E-state index in [0.29, 0.717) is 24.1 Å². The Kier molecular flexibility index (Phi) is 2.55. The van der Waals surface area contributed by atoms with Crippen molar-refractivity contribution in [3.8, 4) is 0 Å². The highest BCUT2D eigenvalue weighted by molar-refractivity contribution is 6.23. The monoisotopic (exact) mass is 180 g/mol. The number of hydrogen-bond donors (Lipinski definition) is 2. The van der Waals surface area contributed by atoms with E-state index >= 15 is 0 Å². The smallest absolute Gasteiger partial charge is 0.166 e. The summed E-state index contributed by atoms with van der Waals surface area (Å²) in [4.78, 5) is 11.6. The van der Waals surface area contributed by atoms with Crippen molar-refractivity contribution in [2.45, 2.75) is 26.7 Å². The van der Waals surface area contributed by atoms with E-state index in [0.717, 1.165) is 0 Å². The molecule has 0 aliphatic heterocycles. The van der Waals surface area contributed by atoms with E-state index in [2.05, 4.69) is 5.32 Å². The molecule has 0 heterocycles. The summed E-state index contributed by atoms with van der Waals surface area (Å²) in [6.45, 7) is 4.05. The lowest BCUT2D eigenvalue weighted by Crippen LogP contribution is -2.31. The van der Waals surface area contributed by atoms with Crippen LogP contribution in [0.15, 0.2) is 11.8 Å². The van der Waals surface area contributed by atoms with Crippen molar-refractivity contribution in [1.82, 2.24) is 5.32 Å². The molecule has 0 radical (unpaired) electrons. The van der Waals surface area contributed by atoms with Crippen LogP contribution in [0.3, 0.4) is 0 Å². The number of allylic oxidation sites excluding steroid dienone is 1. The van der Waals surface area contributed by atoms with E-state index in [1.165, 1.54) is 0 Å². The Labute approximate surface area is 78.7 Å². The summed E-state index contributed by atoms with van der Waals surface area (Å²) in [6, 6.07) is 0. The molecular weight excluding hydrogens is 164 g/mol. The number of carbonyl (C=O) groups is 1. The van der Waals surface area contributed by atoms with Crippen molar-refractivity contribution in [1.29, 1.82) is 5.41 Å². The van der Waals surface area contributed by atoms with Crippen molar-refractivity contribution in [2.75, 3.05) is 7.05 Å². The van der Waals surface area contributed by atoms with E-state index in [-0.39, 0.29) is 11.2 Å². The van der Waals surface area contributed by atoms with Crippen LogP contribution in [0.4, 0.5) is 0 Å².